The van der Waals surface area contributed by atoms with E-state index in [2.05, 4.69) is 9.97 Å². The highest BCUT2D eigenvalue weighted by Gasteiger charge is 2.28. The lowest BCUT2D eigenvalue weighted by molar-refractivity contribution is -0.112. The fraction of sp³-hybridized carbons (Fsp3) is 0.0741. The first kappa shape index (κ1) is 22.0. The van der Waals surface area contributed by atoms with E-state index in [1.54, 1.807) is 48.8 Å². The van der Waals surface area contributed by atoms with Gasteiger partial charge in [-0.15, -0.1) is 0 Å². The molecule has 6 heteroatoms. The van der Waals surface area contributed by atoms with Crippen molar-refractivity contribution < 1.29 is 18.7 Å². The van der Waals surface area contributed by atoms with Crippen molar-refractivity contribution in [2.75, 3.05) is 0 Å². The van der Waals surface area contributed by atoms with Crippen molar-refractivity contribution in [1.29, 1.82) is 0 Å². The van der Waals surface area contributed by atoms with Gasteiger partial charge in [-0.25, -0.2) is 8.78 Å². The number of benzene rings is 2. The zero-order valence-electron chi connectivity index (χ0n) is 17.7. The number of carbonyl (C=O) groups excluding carboxylic acids is 1. The monoisotopic (exact) mass is 442 g/mol. The van der Waals surface area contributed by atoms with Crippen molar-refractivity contribution in [3.63, 3.8) is 0 Å². The maximum atomic E-state index is 13.5. The summed E-state index contributed by atoms with van der Waals surface area (Å²) in [7, 11) is 0. The minimum atomic E-state index is -0.892. The van der Waals surface area contributed by atoms with Crippen molar-refractivity contribution in [3.05, 3.63) is 120 Å². The largest absolute Gasteiger partial charge is 0.511 e. The average molecular weight is 442 g/mol. The normalized spacial score (nSPS) is 11.6. The van der Waals surface area contributed by atoms with Gasteiger partial charge in [-0.05, 0) is 54.4 Å². The molecule has 4 aromatic rings. The summed E-state index contributed by atoms with van der Waals surface area (Å²) in [6.45, 7) is 1.34. The van der Waals surface area contributed by atoms with E-state index in [4.69, 9.17) is 0 Å². The van der Waals surface area contributed by atoms with Gasteiger partial charge in [0.1, 0.15) is 23.3 Å². The standard InChI is InChI=1S/C27H20F2N2O2/c1-17(32)16-24(33)25(26-22(4-2-14-30-26)18-6-10-20(28)11-7-18)27-23(5-3-15-31-27)19-8-12-21(29)13-9-19/h2-16,25,33H,1H3. The predicted molar refractivity (Wildman–Crippen MR) is 122 cm³/mol. The zero-order valence-corrected chi connectivity index (χ0v) is 17.7. The number of halogens is 2. The number of hydrogen-bond acceptors (Lipinski definition) is 4. The van der Waals surface area contributed by atoms with Gasteiger partial charge in [0.25, 0.3) is 0 Å². The van der Waals surface area contributed by atoms with E-state index >= 15 is 0 Å². The minimum Gasteiger partial charge on any atom is -0.511 e. The van der Waals surface area contributed by atoms with Crippen LogP contribution < -0.4 is 0 Å². The lowest BCUT2D eigenvalue weighted by Gasteiger charge is -2.21. The van der Waals surface area contributed by atoms with Gasteiger partial charge in [0.2, 0.25) is 0 Å². The van der Waals surface area contributed by atoms with Gasteiger partial charge < -0.3 is 5.11 Å². The van der Waals surface area contributed by atoms with E-state index in [1.807, 2.05) is 12.1 Å². The van der Waals surface area contributed by atoms with E-state index in [0.29, 0.717) is 33.6 Å². The van der Waals surface area contributed by atoms with E-state index in [-0.39, 0.29) is 23.2 Å². The Kier molecular flexibility index (Phi) is 6.36. The molecule has 0 amide bonds. The molecule has 33 heavy (non-hydrogen) atoms. The second-order valence-corrected chi connectivity index (χ2v) is 7.50. The number of ketones is 1. The molecule has 0 bridgehead atoms. The van der Waals surface area contributed by atoms with E-state index in [9.17, 15) is 18.7 Å². The Balaban J connectivity index is 1.96. The van der Waals surface area contributed by atoms with Crippen LogP contribution in [0, 0.1) is 11.6 Å². The second-order valence-electron chi connectivity index (χ2n) is 7.50. The highest BCUT2D eigenvalue weighted by atomic mass is 19.1. The number of rotatable bonds is 6. The number of allylic oxidation sites excluding steroid dienone is 2. The molecule has 0 saturated carbocycles. The lowest BCUT2D eigenvalue weighted by Crippen LogP contribution is -2.12. The van der Waals surface area contributed by atoms with Crippen molar-refractivity contribution >= 4 is 5.78 Å². The Bertz CT molecular complexity index is 1230. The molecule has 0 aliphatic carbocycles. The minimum absolute atomic E-state index is 0.230. The van der Waals surface area contributed by atoms with Crippen LogP contribution in [0.4, 0.5) is 8.78 Å². The molecular weight excluding hydrogens is 422 g/mol. The molecule has 4 rings (SSSR count). The molecule has 0 aliphatic heterocycles. The Morgan fingerprint density at radius 2 is 1.21 bits per heavy atom. The topological polar surface area (TPSA) is 63.1 Å². The number of pyridine rings is 2. The van der Waals surface area contributed by atoms with E-state index < -0.39 is 5.92 Å². The maximum Gasteiger partial charge on any atom is 0.155 e. The fourth-order valence-corrected chi connectivity index (χ4v) is 3.74. The summed E-state index contributed by atoms with van der Waals surface area (Å²) < 4.78 is 27.1. The van der Waals surface area contributed by atoms with Crippen LogP contribution >= 0.6 is 0 Å². The van der Waals surface area contributed by atoms with Crippen LogP contribution in [0.25, 0.3) is 22.3 Å². The summed E-state index contributed by atoms with van der Waals surface area (Å²) in [5.74, 6) is -2.20. The van der Waals surface area contributed by atoms with Crippen molar-refractivity contribution in [2.24, 2.45) is 0 Å². The van der Waals surface area contributed by atoms with Crippen molar-refractivity contribution in [1.82, 2.24) is 9.97 Å². The van der Waals surface area contributed by atoms with Gasteiger partial charge in [-0.2, -0.15) is 0 Å². The molecule has 1 N–H and O–H groups in total. The first-order valence-corrected chi connectivity index (χ1v) is 10.3. The Morgan fingerprint density at radius 1 is 0.788 bits per heavy atom. The predicted octanol–water partition coefficient (Wildman–Crippen LogP) is 6.25. The molecule has 0 unspecified atom stereocenters. The van der Waals surface area contributed by atoms with Crippen molar-refractivity contribution in [3.8, 4) is 22.3 Å². The Labute approximate surface area is 189 Å². The molecule has 0 fully saturated rings. The second kappa shape index (κ2) is 9.53. The molecule has 4 nitrogen and oxygen atoms in total. The number of carbonyl (C=O) groups is 1. The number of aliphatic hydroxyl groups is 1. The summed E-state index contributed by atoms with van der Waals surface area (Å²) in [5.41, 5.74) is 3.59. The third kappa shape index (κ3) is 4.85. The summed E-state index contributed by atoms with van der Waals surface area (Å²) in [6.07, 6.45) is 4.30. The third-order valence-corrected chi connectivity index (χ3v) is 5.18. The van der Waals surface area contributed by atoms with Crippen LogP contribution in [0.15, 0.2) is 97.0 Å². The highest BCUT2D eigenvalue weighted by molar-refractivity contribution is 5.88. The summed E-state index contributed by atoms with van der Waals surface area (Å²) in [6, 6.07) is 19.0. The van der Waals surface area contributed by atoms with Gasteiger partial charge in [0.15, 0.2) is 5.78 Å². The van der Waals surface area contributed by atoms with Gasteiger partial charge >= 0.3 is 0 Å². The number of hydrogen-bond donors (Lipinski definition) is 1. The fourth-order valence-electron chi connectivity index (χ4n) is 3.74. The van der Waals surface area contributed by atoms with Crippen LogP contribution in [-0.2, 0) is 4.79 Å². The first-order chi connectivity index (χ1) is 15.9. The van der Waals surface area contributed by atoms with E-state index in [0.717, 1.165) is 6.08 Å². The molecular formula is C27H20F2N2O2. The van der Waals surface area contributed by atoms with Crippen LogP contribution in [0.3, 0.4) is 0 Å². The molecule has 0 spiro atoms. The van der Waals surface area contributed by atoms with Crippen LogP contribution in [0.5, 0.6) is 0 Å². The van der Waals surface area contributed by atoms with Crippen LogP contribution in [0.1, 0.15) is 24.2 Å². The van der Waals surface area contributed by atoms with Gasteiger partial charge in [0, 0.05) is 29.6 Å². The van der Waals surface area contributed by atoms with Gasteiger partial charge in [-0.1, -0.05) is 36.4 Å². The third-order valence-electron chi connectivity index (χ3n) is 5.18. The zero-order chi connectivity index (χ0) is 23.4. The van der Waals surface area contributed by atoms with Crippen LogP contribution in [0.2, 0.25) is 0 Å². The summed E-state index contributed by atoms with van der Waals surface area (Å²) in [4.78, 5) is 20.9. The van der Waals surface area contributed by atoms with Crippen molar-refractivity contribution in [2.45, 2.75) is 12.8 Å². The molecule has 164 valence electrons. The summed E-state index contributed by atoms with van der Waals surface area (Å²) >= 11 is 0. The van der Waals surface area contributed by atoms with E-state index in [1.165, 1.54) is 31.2 Å². The SMILES string of the molecule is CC(=O)C=C(O)C(c1ncccc1-c1ccc(F)cc1)c1ncccc1-c1ccc(F)cc1. The summed E-state index contributed by atoms with van der Waals surface area (Å²) in [5, 5.41) is 11.1. The average Bonchev–Trinajstić information content (AvgIpc) is 2.81. The lowest BCUT2D eigenvalue weighted by atomic mass is 9.87. The Morgan fingerprint density at radius 3 is 1.61 bits per heavy atom. The maximum absolute atomic E-state index is 13.5. The number of nitrogens with zero attached hydrogens (tertiary/aromatic N) is 2. The highest BCUT2D eigenvalue weighted by Crippen LogP contribution is 2.39. The first-order valence-electron chi connectivity index (χ1n) is 10.3. The smallest absolute Gasteiger partial charge is 0.155 e. The van der Waals surface area contributed by atoms with Gasteiger partial charge in [-0.3, -0.25) is 14.8 Å². The molecule has 0 atom stereocenters. The number of aliphatic hydroxyl groups excluding tert-OH is 1. The molecule has 2 aromatic carbocycles. The molecule has 2 heterocycles. The number of aromatic nitrogens is 2. The molecule has 0 saturated heterocycles. The van der Waals surface area contributed by atoms with Crippen LogP contribution in [-0.4, -0.2) is 20.9 Å². The Hall–Kier alpha value is -4.19. The molecule has 2 aromatic heterocycles. The molecule has 0 radical (unpaired) electrons. The molecule has 0 aliphatic rings. The quantitative estimate of drug-likeness (QED) is 0.283. The van der Waals surface area contributed by atoms with Gasteiger partial charge in [0.05, 0.1) is 11.4 Å².